The molecule has 0 aromatic rings. The summed E-state index contributed by atoms with van der Waals surface area (Å²) in [5.74, 6) is 0.268. The number of ether oxygens (including phenoxy) is 1. The monoisotopic (exact) mass is 242 g/mol. The van der Waals surface area contributed by atoms with E-state index < -0.39 is 0 Å². The molecule has 2 unspecified atom stereocenters. The maximum Gasteiger partial charge on any atom is 0.239 e. The first-order valence-electron chi connectivity index (χ1n) is 6.72. The van der Waals surface area contributed by atoms with Gasteiger partial charge in [0.2, 0.25) is 5.91 Å². The average molecular weight is 242 g/mol. The number of hydrogen-bond acceptors (Lipinski definition) is 3. The Balaban J connectivity index is 2.45. The van der Waals surface area contributed by atoms with Gasteiger partial charge in [0, 0.05) is 19.7 Å². The number of carbonyl (C=O) groups excluding carboxylic acids is 1. The molecule has 17 heavy (non-hydrogen) atoms. The molecule has 2 atom stereocenters. The van der Waals surface area contributed by atoms with Gasteiger partial charge in [0.25, 0.3) is 0 Å². The Morgan fingerprint density at radius 2 is 2.24 bits per heavy atom. The molecule has 0 radical (unpaired) electrons. The number of likely N-dealkylation sites (tertiary alicyclic amines) is 1. The highest BCUT2D eigenvalue weighted by Gasteiger charge is 2.28. The quantitative estimate of drug-likeness (QED) is 0.792. The summed E-state index contributed by atoms with van der Waals surface area (Å²) in [5.41, 5.74) is 5.90. The van der Waals surface area contributed by atoms with Crippen molar-refractivity contribution in [3.63, 3.8) is 0 Å². The lowest BCUT2D eigenvalue weighted by Gasteiger charge is -2.34. The first-order chi connectivity index (χ1) is 8.06. The van der Waals surface area contributed by atoms with E-state index >= 15 is 0 Å². The molecule has 4 nitrogen and oxygen atoms in total. The van der Waals surface area contributed by atoms with E-state index in [1.807, 2.05) is 18.7 Å². The third-order valence-corrected chi connectivity index (χ3v) is 3.25. The normalized spacial score (nSPS) is 22.9. The second-order valence-electron chi connectivity index (χ2n) is 5.19. The van der Waals surface area contributed by atoms with Gasteiger partial charge in [0.1, 0.15) is 0 Å². The maximum absolute atomic E-state index is 12.1. The van der Waals surface area contributed by atoms with E-state index in [0.29, 0.717) is 6.54 Å². The van der Waals surface area contributed by atoms with Crippen LogP contribution in [0.2, 0.25) is 0 Å². The number of amides is 1. The van der Waals surface area contributed by atoms with Crippen LogP contribution < -0.4 is 5.73 Å². The molecule has 0 aliphatic carbocycles. The third-order valence-electron chi connectivity index (χ3n) is 3.25. The molecule has 1 rings (SSSR count). The van der Waals surface area contributed by atoms with Gasteiger partial charge in [0.05, 0.1) is 12.1 Å². The number of rotatable bonds is 5. The highest BCUT2D eigenvalue weighted by atomic mass is 16.5. The molecular formula is C13H26N2O2. The Labute approximate surface area is 104 Å². The Morgan fingerprint density at radius 3 is 2.82 bits per heavy atom. The fourth-order valence-corrected chi connectivity index (χ4v) is 2.05. The van der Waals surface area contributed by atoms with E-state index in [-0.39, 0.29) is 24.0 Å². The summed E-state index contributed by atoms with van der Waals surface area (Å²) in [6, 6.07) is -0.375. The summed E-state index contributed by atoms with van der Waals surface area (Å²) in [5, 5.41) is 0. The van der Waals surface area contributed by atoms with Crippen molar-refractivity contribution in [3.8, 4) is 0 Å². The third kappa shape index (κ3) is 4.28. The van der Waals surface area contributed by atoms with Crippen LogP contribution in [0.5, 0.6) is 0 Å². The van der Waals surface area contributed by atoms with Gasteiger partial charge in [-0.3, -0.25) is 4.79 Å². The number of piperidine rings is 1. The molecule has 0 saturated carbocycles. The van der Waals surface area contributed by atoms with Gasteiger partial charge in [-0.15, -0.1) is 0 Å². The molecule has 1 fully saturated rings. The molecule has 0 bridgehead atoms. The highest BCUT2D eigenvalue weighted by Crippen LogP contribution is 2.15. The van der Waals surface area contributed by atoms with Crippen LogP contribution in [-0.2, 0) is 9.53 Å². The van der Waals surface area contributed by atoms with E-state index in [4.69, 9.17) is 10.5 Å². The van der Waals surface area contributed by atoms with Crippen LogP contribution in [-0.4, -0.2) is 42.6 Å². The van der Waals surface area contributed by atoms with Gasteiger partial charge in [-0.1, -0.05) is 20.8 Å². The molecule has 0 spiro atoms. The van der Waals surface area contributed by atoms with Gasteiger partial charge >= 0.3 is 0 Å². The summed E-state index contributed by atoms with van der Waals surface area (Å²) in [6.45, 7) is 8.38. The summed E-state index contributed by atoms with van der Waals surface area (Å²) in [6.07, 6.45) is 3.30. The van der Waals surface area contributed by atoms with E-state index in [0.717, 1.165) is 32.4 Å². The SMILES string of the molecule is CCCOC1CCCN(C(=O)C(N)C(C)C)C1. The van der Waals surface area contributed by atoms with Crippen LogP contribution in [0.4, 0.5) is 0 Å². The summed E-state index contributed by atoms with van der Waals surface area (Å²) >= 11 is 0. The number of carbonyl (C=O) groups is 1. The maximum atomic E-state index is 12.1. The average Bonchev–Trinajstić information content (AvgIpc) is 2.34. The summed E-state index contributed by atoms with van der Waals surface area (Å²) in [4.78, 5) is 14.0. The predicted octanol–water partition coefficient (Wildman–Crippen LogP) is 1.39. The molecule has 2 N–H and O–H groups in total. The lowest BCUT2D eigenvalue weighted by atomic mass is 10.0. The highest BCUT2D eigenvalue weighted by molar-refractivity contribution is 5.82. The van der Waals surface area contributed by atoms with Crippen LogP contribution in [0.1, 0.15) is 40.0 Å². The van der Waals surface area contributed by atoms with Gasteiger partial charge in [0.15, 0.2) is 0 Å². The van der Waals surface area contributed by atoms with Crippen LogP contribution in [0, 0.1) is 5.92 Å². The lowest BCUT2D eigenvalue weighted by Crippen LogP contribution is -2.51. The number of nitrogens with two attached hydrogens (primary N) is 1. The van der Waals surface area contributed by atoms with Crippen molar-refractivity contribution in [2.24, 2.45) is 11.7 Å². The minimum atomic E-state index is -0.375. The van der Waals surface area contributed by atoms with Gasteiger partial charge < -0.3 is 15.4 Å². The van der Waals surface area contributed by atoms with E-state index in [1.165, 1.54) is 0 Å². The molecule has 1 heterocycles. The Bertz CT molecular complexity index is 244. The molecule has 100 valence electrons. The minimum absolute atomic E-state index is 0.0739. The van der Waals surface area contributed by atoms with Crippen LogP contribution in [0.3, 0.4) is 0 Å². The van der Waals surface area contributed by atoms with Crippen molar-refractivity contribution in [1.29, 1.82) is 0 Å². The van der Waals surface area contributed by atoms with Gasteiger partial charge in [-0.25, -0.2) is 0 Å². The largest absolute Gasteiger partial charge is 0.376 e. The van der Waals surface area contributed by atoms with E-state index in [1.54, 1.807) is 0 Å². The smallest absolute Gasteiger partial charge is 0.239 e. The zero-order valence-corrected chi connectivity index (χ0v) is 11.3. The Hall–Kier alpha value is -0.610. The molecule has 1 saturated heterocycles. The molecule has 4 heteroatoms. The standard InChI is InChI=1S/C13H26N2O2/c1-4-8-17-11-6-5-7-15(9-11)13(16)12(14)10(2)3/h10-12H,4-9,14H2,1-3H3. The zero-order chi connectivity index (χ0) is 12.8. The van der Waals surface area contributed by atoms with E-state index in [2.05, 4.69) is 6.92 Å². The molecule has 1 aliphatic rings. The molecule has 1 amide bonds. The topological polar surface area (TPSA) is 55.6 Å². The Morgan fingerprint density at radius 1 is 1.53 bits per heavy atom. The fraction of sp³-hybridized carbons (Fsp3) is 0.923. The molecule has 0 aromatic heterocycles. The van der Waals surface area contributed by atoms with Crippen molar-refractivity contribution in [3.05, 3.63) is 0 Å². The van der Waals surface area contributed by atoms with Crippen LogP contribution in [0.25, 0.3) is 0 Å². The van der Waals surface area contributed by atoms with Crippen LogP contribution >= 0.6 is 0 Å². The number of nitrogens with zero attached hydrogens (tertiary/aromatic N) is 1. The second kappa shape index (κ2) is 6.97. The van der Waals surface area contributed by atoms with Crippen molar-refractivity contribution < 1.29 is 9.53 Å². The van der Waals surface area contributed by atoms with Crippen molar-refractivity contribution in [1.82, 2.24) is 4.90 Å². The first kappa shape index (κ1) is 14.5. The zero-order valence-electron chi connectivity index (χ0n) is 11.3. The lowest BCUT2D eigenvalue weighted by molar-refractivity contribution is -0.137. The minimum Gasteiger partial charge on any atom is -0.376 e. The summed E-state index contributed by atoms with van der Waals surface area (Å²) in [7, 11) is 0. The van der Waals surface area contributed by atoms with Gasteiger partial charge in [-0.2, -0.15) is 0 Å². The molecule has 1 aliphatic heterocycles. The van der Waals surface area contributed by atoms with E-state index in [9.17, 15) is 4.79 Å². The van der Waals surface area contributed by atoms with Crippen molar-refractivity contribution in [2.75, 3.05) is 19.7 Å². The van der Waals surface area contributed by atoms with Crippen LogP contribution in [0.15, 0.2) is 0 Å². The van der Waals surface area contributed by atoms with Gasteiger partial charge in [-0.05, 0) is 25.2 Å². The Kier molecular flexibility index (Phi) is 5.92. The second-order valence-corrected chi connectivity index (χ2v) is 5.19. The first-order valence-corrected chi connectivity index (χ1v) is 6.72. The number of hydrogen-bond donors (Lipinski definition) is 1. The van der Waals surface area contributed by atoms with Crippen molar-refractivity contribution >= 4 is 5.91 Å². The summed E-state index contributed by atoms with van der Waals surface area (Å²) < 4.78 is 5.72. The molecular weight excluding hydrogens is 216 g/mol. The molecule has 0 aromatic carbocycles. The fourth-order valence-electron chi connectivity index (χ4n) is 2.05. The predicted molar refractivity (Wildman–Crippen MR) is 68.7 cm³/mol. The van der Waals surface area contributed by atoms with Crippen molar-refractivity contribution in [2.45, 2.75) is 52.2 Å².